The second-order valence-electron chi connectivity index (χ2n) is 5.21. The number of carbonyl (C=O) groups is 1. The van der Waals surface area contributed by atoms with Crippen LogP contribution in [0.4, 0.5) is 4.79 Å². The highest BCUT2D eigenvalue weighted by molar-refractivity contribution is 7.98. The first-order valence-corrected chi connectivity index (χ1v) is 8.64. The number of aromatic amines is 1. The van der Waals surface area contributed by atoms with Crippen molar-refractivity contribution in [1.82, 2.24) is 15.6 Å². The van der Waals surface area contributed by atoms with Crippen molar-refractivity contribution in [3.05, 3.63) is 46.2 Å². The molecule has 1 atom stereocenters. The number of fused-ring (bicyclic) bond motifs is 1. The number of para-hydroxylation sites is 1. The molecule has 118 valence electrons. The van der Waals surface area contributed by atoms with E-state index in [4.69, 9.17) is 0 Å². The van der Waals surface area contributed by atoms with E-state index in [2.05, 4.69) is 15.6 Å². The van der Waals surface area contributed by atoms with Crippen molar-refractivity contribution >= 4 is 28.7 Å². The molecule has 2 amide bonds. The van der Waals surface area contributed by atoms with Crippen LogP contribution >= 0.6 is 11.8 Å². The molecule has 0 spiro atoms. The number of benzene rings is 1. The van der Waals surface area contributed by atoms with Gasteiger partial charge in [0.25, 0.3) is 0 Å². The average Bonchev–Trinajstić information content (AvgIpc) is 2.50. The van der Waals surface area contributed by atoms with Crippen LogP contribution in [0.15, 0.2) is 35.1 Å². The molecular formula is C16H21N3O2S. The summed E-state index contributed by atoms with van der Waals surface area (Å²) in [5, 5.41) is 6.66. The summed E-state index contributed by atoms with van der Waals surface area (Å²) in [6, 6.07) is 9.01. The third-order valence-electron chi connectivity index (χ3n) is 3.41. The van der Waals surface area contributed by atoms with Crippen LogP contribution in [0.3, 0.4) is 0 Å². The van der Waals surface area contributed by atoms with Gasteiger partial charge in [-0.25, -0.2) is 4.79 Å². The van der Waals surface area contributed by atoms with Crippen molar-refractivity contribution in [2.45, 2.75) is 25.9 Å². The molecular weight excluding hydrogens is 298 g/mol. The van der Waals surface area contributed by atoms with Crippen LogP contribution in [0.25, 0.3) is 10.9 Å². The standard InChI is InChI=1S/C16H21N3O2S/c1-11(7-8-22-2)18-16(21)17-10-12-9-15(20)19-14-6-4-3-5-13(12)14/h3-6,9,11H,7-8,10H2,1-2H3,(H,19,20)(H2,17,18,21)/t11-/m1/s1. The number of nitrogens with one attached hydrogen (secondary N) is 3. The largest absolute Gasteiger partial charge is 0.336 e. The highest BCUT2D eigenvalue weighted by Crippen LogP contribution is 2.14. The second kappa shape index (κ2) is 7.89. The van der Waals surface area contributed by atoms with E-state index in [1.807, 2.05) is 37.4 Å². The molecule has 0 bridgehead atoms. The maximum atomic E-state index is 11.9. The Morgan fingerprint density at radius 3 is 2.91 bits per heavy atom. The minimum atomic E-state index is -0.210. The minimum Gasteiger partial charge on any atom is -0.336 e. The Bertz CT molecular complexity index is 699. The zero-order valence-corrected chi connectivity index (χ0v) is 13.6. The zero-order chi connectivity index (χ0) is 15.9. The van der Waals surface area contributed by atoms with Crippen LogP contribution in [0.2, 0.25) is 0 Å². The number of urea groups is 1. The first-order chi connectivity index (χ1) is 10.6. The fourth-order valence-electron chi connectivity index (χ4n) is 2.24. The molecule has 0 unspecified atom stereocenters. The molecule has 0 fully saturated rings. The topological polar surface area (TPSA) is 74.0 Å². The molecule has 1 heterocycles. The van der Waals surface area contributed by atoms with E-state index in [0.717, 1.165) is 28.6 Å². The quantitative estimate of drug-likeness (QED) is 0.766. The first-order valence-electron chi connectivity index (χ1n) is 7.24. The number of thioether (sulfide) groups is 1. The lowest BCUT2D eigenvalue weighted by Crippen LogP contribution is -2.40. The van der Waals surface area contributed by atoms with Crippen molar-refractivity contribution in [3.8, 4) is 0 Å². The summed E-state index contributed by atoms with van der Waals surface area (Å²) in [5.74, 6) is 1.01. The van der Waals surface area contributed by atoms with E-state index in [1.165, 1.54) is 6.07 Å². The Labute approximate surface area is 133 Å². The zero-order valence-electron chi connectivity index (χ0n) is 12.8. The molecule has 0 aliphatic rings. The van der Waals surface area contributed by atoms with E-state index in [-0.39, 0.29) is 17.6 Å². The maximum Gasteiger partial charge on any atom is 0.315 e. The summed E-state index contributed by atoms with van der Waals surface area (Å²) in [5.41, 5.74) is 1.43. The fourth-order valence-corrected chi connectivity index (χ4v) is 2.83. The molecule has 22 heavy (non-hydrogen) atoms. The number of rotatable bonds is 6. The van der Waals surface area contributed by atoms with Gasteiger partial charge in [0.15, 0.2) is 0 Å². The van der Waals surface area contributed by atoms with Gasteiger partial charge < -0.3 is 15.6 Å². The van der Waals surface area contributed by atoms with Gasteiger partial charge in [0.05, 0.1) is 0 Å². The molecule has 0 saturated carbocycles. The summed E-state index contributed by atoms with van der Waals surface area (Å²) >= 11 is 1.76. The molecule has 0 aliphatic heterocycles. The second-order valence-corrected chi connectivity index (χ2v) is 6.20. The van der Waals surface area contributed by atoms with Gasteiger partial charge in [-0.2, -0.15) is 11.8 Å². The smallest absolute Gasteiger partial charge is 0.315 e. The number of H-pyrrole nitrogens is 1. The van der Waals surface area contributed by atoms with Crippen LogP contribution in [-0.4, -0.2) is 29.1 Å². The summed E-state index contributed by atoms with van der Waals surface area (Å²) < 4.78 is 0. The molecule has 6 heteroatoms. The van der Waals surface area contributed by atoms with Crippen LogP contribution in [0.1, 0.15) is 18.9 Å². The van der Waals surface area contributed by atoms with Crippen LogP contribution in [0.5, 0.6) is 0 Å². The van der Waals surface area contributed by atoms with Crippen molar-refractivity contribution in [3.63, 3.8) is 0 Å². The SMILES string of the molecule is CSCC[C@@H](C)NC(=O)NCc1cc(=O)[nH]c2ccccc12. The summed E-state index contributed by atoms with van der Waals surface area (Å²) in [7, 11) is 0. The number of carbonyl (C=O) groups excluding carboxylic acids is 1. The Morgan fingerprint density at radius 2 is 2.14 bits per heavy atom. The number of aromatic nitrogens is 1. The fraction of sp³-hybridized carbons (Fsp3) is 0.375. The molecule has 0 aliphatic carbocycles. The lowest BCUT2D eigenvalue weighted by Gasteiger charge is -2.14. The van der Waals surface area contributed by atoms with Gasteiger partial charge >= 0.3 is 6.03 Å². The maximum absolute atomic E-state index is 11.9. The van der Waals surface area contributed by atoms with Crippen molar-refractivity contribution in [1.29, 1.82) is 0 Å². The average molecular weight is 319 g/mol. The third kappa shape index (κ3) is 4.53. The third-order valence-corrected chi connectivity index (χ3v) is 4.05. The van der Waals surface area contributed by atoms with Gasteiger partial charge in [-0.05, 0) is 37.0 Å². The molecule has 0 saturated heterocycles. The summed E-state index contributed by atoms with van der Waals surface area (Å²) in [6.45, 7) is 2.31. The highest BCUT2D eigenvalue weighted by atomic mass is 32.2. The van der Waals surface area contributed by atoms with Crippen molar-refractivity contribution in [2.75, 3.05) is 12.0 Å². The van der Waals surface area contributed by atoms with Gasteiger partial charge in [0.1, 0.15) is 0 Å². The monoisotopic (exact) mass is 319 g/mol. The predicted molar refractivity (Wildman–Crippen MR) is 92.4 cm³/mol. The van der Waals surface area contributed by atoms with Gasteiger partial charge in [-0.1, -0.05) is 18.2 Å². The predicted octanol–water partition coefficient (Wildman–Crippen LogP) is 2.47. The molecule has 1 aromatic carbocycles. The minimum absolute atomic E-state index is 0.128. The Balaban J connectivity index is 2.00. The molecule has 0 radical (unpaired) electrons. The summed E-state index contributed by atoms with van der Waals surface area (Å²) in [4.78, 5) is 26.3. The lowest BCUT2D eigenvalue weighted by atomic mass is 10.1. The first kappa shape index (κ1) is 16.4. The highest BCUT2D eigenvalue weighted by Gasteiger charge is 2.08. The van der Waals surface area contributed by atoms with Gasteiger partial charge in [0.2, 0.25) is 5.56 Å². The lowest BCUT2D eigenvalue weighted by molar-refractivity contribution is 0.237. The normalized spacial score (nSPS) is 12.1. The van der Waals surface area contributed by atoms with Crippen molar-refractivity contribution < 1.29 is 4.79 Å². The molecule has 1 aromatic heterocycles. The van der Waals surface area contributed by atoms with Crippen LogP contribution in [-0.2, 0) is 6.54 Å². The van der Waals surface area contributed by atoms with Gasteiger partial charge in [0, 0.05) is 29.6 Å². The van der Waals surface area contributed by atoms with Gasteiger partial charge in [-0.15, -0.1) is 0 Å². The Morgan fingerprint density at radius 1 is 1.36 bits per heavy atom. The van der Waals surface area contributed by atoms with Crippen LogP contribution < -0.4 is 16.2 Å². The number of hydrogen-bond donors (Lipinski definition) is 3. The Kier molecular flexibility index (Phi) is 5.89. The number of pyridine rings is 1. The van der Waals surface area contributed by atoms with E-state index >= 15 is 0 Å². The number of amides is 2. The number of hydrogen-bond acceptors (Lipinski definition) is 3. The van der Waals surface area contributed by atoms with E-state index < -0.39 is 0 Å². The van der Waals surface area contributed by atoms with E-state index in [0.29, 0.717) is 6.54 Å². The molecule has 2 aromatic rings. The van der Waals surface area contributed by atoms with Crippen LogP contribution in [0, 0.1) is 0 Å². The Hall–Kier alpha value is -1.95. The molecule has 3 N–H and O–H groups in total. The molecule has 5 nitrogen and oxygen atoms in total. The van der Waals surface area contributed by atoms with E-state index in [9.17, 15) is 9.59 Å². The van der Waals surface area contributed by atoms with Gasteiger partial charge in [-0.3, -0.25) is 4.79 Å². The molecule has 2 rings (SSSR count). The van der Waals surface area contributed by atoms with E-state index in [1.54, 1.807) is 11.8 Å². The summed E-state index contributed by atoms with van der Waals surface area (Å²) in [6.07, 6.45) is 2.98. The van der Waals surface area contributed by atoms with Crippen molar-refractivity contribution in [2.24, 2.45) is 0 Å².